The third-order valence-electron chi connectivity index (χ3n) is 3.96. The molecule has 3 rings (SSSR count). The molecule has 6 nitrogen and oxygen atoms in total. The van der Waals surface area contributed by atoms with E-state index in [0.29, 0.717) is 24.6 Å². The number of aliphatic hydroxyl groups excluding tert-OH is 2. The van der Waals surface area contributed by atoms with Gasteiger partial charge in [0.2, 0.25) is 0 Å². The summed E-state index contributed by atoms with van der Waals surface area (Å²) < 4.78 is 1.99. The molecular formula is C16H21N3O3. The van der Waals surface area contributed by atoms with Gasteiger partial charge in [-0.15, -0.1) is 0 Å². The normalized spacial score (nSPS) is 14.5. The van der Waals surface area contributed by atoms with Crippen LogP contribution in [0.25, 0.3) is 5.52 Å². The van der Waals surface area contributed by atoms with Crippen molar-refractivity contribution in [2.75, 3.05) is 26.3 Å². The summed E-state index contributed by atoms with van der Waals surface area (Å²) in [6, 6.07) is 5.73. The Kier molecular flexibility index (Phi) is 4.40. The smallest absolute Gasteiger partial charge is 0.274 e. The van der Waals surface area contributed by atoms with Gasteiger partial charge >= 0.3 is 0 Å². The first-order valence-corrected chi connectivity index (χ1v) is 7.74. The van der Waals surface area contributed by atoms with Crippen molar-refractivity contribution in [2.24, 2.45) is 0 Å². The van der Waals surface area contributed by atoms with E-state index in [9.17, 15) is 4.79 Å². The number of carbonyl (C=O) groups is 1. The SMILES string of the molecule is O=C(c1nc(C2CC2)n2ccccc12)N(CCO)CCCO. The molecule has 2 N–H and O–H groups in total. The van der Waals surface area contributed by atoms with E-state index in [1.54, 1.807) is 4.90 Å². The van der Waals surface area contributed by atoms with Crippen LogP contribution in [0, 0.1) is 0 Å². The van der Waals surface area contributed by atoms with Crippen LogP contribution in [0.4, 0.5) is 0 Å². The van der Waals surface area contributed by atoms with E-state index >= 15 is 0 Å². The number of nitrogens with zero attached hydrogens (tertiary/aromatic N) is 3. The molecule has 2 heterocycles. The molecule has 0 aliphatic heterocycles. The van der Waals surface area contributed by atoms with Crippen molar-refractivity contribution >= 4 is 11.4 Å². The van der Waals surface area contributed by atoms with Gasteiger partial charge in [-0.2, -0.15) is 0 Å². The van der Waals surface area contributed by atoms with Gasteiger partial charge in [0.05, 0.1) is 12.1 Å². The molecule has 2 aromatic rings. The van der Waals surface area contributed by atoms with Gasteiger partial charge in [-0.3, -0.25) is 4.79 Å². The first-order chi connectivity index (χ1) is 10.8. The number of rotatable bonds is 7. The highest BCUT2D eigenvalue weighted by Gasteiger charge is 2.31. The predicted molar refractivity (Wildman–Crippen MR) is 81.9 cm³/mol. The van der Waals surface area contributed by atoms with Gasteiger partial charge in [0.15, 0.2) is 5.69 Å². The van der Waals surface area contributed by atoms with E-state index in [2.05, 4.69) is 4.98 Å². The molecule has 0 saturated heterocycles. The van der Waals surface area contributed by atoms with Crippen molar-refractivity contribution < 1.29 is 15.0 Å². The zero-order valence-corrected chi connectivity index (χ0v) is 12.5. The number of carbonyl (C=O) groups excluding carboxylic acids is 1. The molecule has 0 atom stereocenters. The lowest BCUT2D eigenvalue weighted by atomic mass is 10.2. The molecule has 1 fully saturated rings. The second-order valence-corrected chi connectivity index (χ2v) is 5.64. The number of aromatic nitrogens is 2. The minimum atomic E-state index is -0.182. The van der Waals surface area contributed by atoms with Crippen molar-refractivity contribution in [1.82, 2.24) is 14.3 Å². The molecule has 1 amide bonds. The number of fused-ring (bicyclic) bond motifs is 1. The monoisotopic (exact) mass is 303 g/mol. The molecule has 1 aliphatic carbocycles. The van der Waals surface area contributed by atoms with Crippen LogP contribution in [0.5, 0.6) is 0 Å². The first kappa shape index (κ1) is 15.0. The zero-order chi connectivity index (χ0) is 15.5. The Hall–Kier alpha value is -1.92. The zero-order valence-electron chi connectivity index (χ0n) is 12.5. The van der Waals surface area contributed by atoms with Crippen LogP contribution in [-0.2, 0) is 0 Å². The molecule has 0 bridgehead atoms. The van der Waals surface area contributed by atoms with E-state index in [-0.39, 0.29) is 25.7 Å². The average Bonchev–Trinajstić information content (AvgIpc) is 3.31. The molecule has 1 aliphatic rings. The van der Waals surface area contributed by atoms with Crippen molar-refractivity contribution in [3.63, 3.8) is 0 Å². The summed E-state index contributed by atoms with van der Waals surface area (Å²) in [7, 11) is 0. The van der Waals surface area contributed by atoms with Crippen molar-refractivity contribution in [1.29, 1.82) is 0 Å². The molecule has 0 aromatic carbocycles. The highest BCUT2D eigenvalue weighted by atomic mass is 16.3. The third-order valence-corrected chi connectivity index (χ3v) is 3.96. The molecule has 1 saturated carbocycles. The molecule has 2 aromatic heterocycles. The van der Waals surface area contributed by atoms with E-state index in [0.717, 1.165) is 24.2 Å². The van der Waals surface area contributed by atoms with Crippen LogP contribution in [0.3, 0.4) is 0 Å². The van der Waals surface area contributed by atoms with E-state index < -0.39 is 0 Å². The maximum Gasteiger partial charge on any atom is 0.274 e. The first-order valence-electron chi connectivity index (χ1n) is 7.74. The topological polar surface area (TPSA) is 78.1 Å². The van der Waals surface area contributed by atoms with Crippen LogP contribution >= 0.6 is 0 Å². The lowest BCUT2D eigenvalue weighted by Gasteiger charge is -2.20. The fourth-order valence-electron chi connectivity index (χ4n) is 2.70. The highest BCUT2D eigenvalue weighted by molar-refractivity contribution is 5.99. The second kappa shape index (κ2) is 6.46. The minimum Gasteiger partial charge on any atom is -0.396 e. The number of pyridine rings is 1. The van der Waals surface area contributed by atoms with E-state index in [1.165, 1.54) is 0 Å². The van der Waals surface area contributed by atoms with Gasteiger partial charge in [0.1, 0.15) is 5.82 Å². The van der Waals surface area contributed by atoms with Crippen LogP contribution < -0.4 is 0 Å². The quantitative estimate of drug-likeness (QED) is 0.801. The molecule has 0 radical (unpaired) electrons. The van der Waals surface area contributed by atoms with Gasteiger partial charge in [0.25, 0.3) is 5.91 Å². The Bertz CT molecular complexity index is 664. The summed E-state index contributed by atoms with van der Waals surface area (Å²) in [5, 5.41) is 18.1. The molecule has 6 heteroatoms. The van der Waals surface area contributed by atoms with Crippen LogP contribution in [0.15, 0.2) is 24.4 Å². The van der Waals surface area contributed by atoms with Crippen molar-refractivity contribution in [3.05, 3.63) is 35.9 Å². The van der Waals surface area contributed by atoms with Crippen molar-refractivity contribution in [2.45, 2.75) is 25.2 Å². The lowest BCUT2D eigenvalue weighted by Crippen LogP contribution is -2.35. The van der Waals surface area contributed by atoms with Crippen LogP contribution in [0.2, 0.25) is 0 Å². The van der Waals surface area contributed by atoms with Crippen LogP contribution in [-0.4, -0.2) is 56.7 Å². The van der Waals surface area contributed by atoms with Crippen LogP contribution in [0.1, 0.15) is 41.5 Å². The highest BCUT2D eigenvalue weighted by Crippen LogP contribution is 2.40. The maximum absolute atomic E-state index is 12.8. The summed E-state index contributed by atoms with van der Waals surface area (Å²) in [6.07, 6.45) is 4.67. The molecular weight excluding hydrogens is 282 g/mol. The largest absolute Gasteiger partial charge is 0.396 e. The van der Waals surface area contributed by atoms with Gasteiger partial charge < -0.3 is 19.5 Å². The summed E-state index contributed by atoms with van der Waals surface area (Å²) in [5.74, 6) is 1.21. The minimum absolute atomic E-state index is 0.0203. The number of aliphatic hydroxyl groups is 2. The third kappa shape index (κ3) is 2.84. The Morgan fingerprint density at radius 3 is 2.77 bits per heavy atom. The summed E-state index contributed by atoms with van der Waals surface area (Å²) in [6.45, 7) is 0.592. The summed E-state index contributed by atoms with van der Waals surface area (Å²) in [4.78, 5) is 18.9. The van der Waals surface area contributed by atoms with Gasteiger partial charge in [0, 0.05) is 31.8 Å². The van der Waals surface area contributed by atoms with E-state index in [4.69, 9.17) is 10.2 Å². The fraction of sp³-hybridized carbons (Fsp3) is 0.500. The number of hydrogen-bond acceptors (Lipinski definition) is 4. The van der Waals surface area contributed by atoms with E-state index in [1.807, 2.05) is 28.8 Å². The fourth-order valence-corrected chi connectivity index (χ4v) is 2.70. The summed E-state index contributed by atoms with van der Waals surface area (Å²) in [5.41, 5.74) is 1.25. The number of imidazole rings is 1. The number of hydrogen-bond donors (Lipinski definition) is 2. The Labute approximate surface area is 129 Å². The van der Waals surface area contributed by atoms with Crippen molar-refractivity contribution in [3.8, 4) is 0 Å². The Morgan fingerprint density at radius 2 is 2.09 bits per heavy atom. The van der Waals surface area contributed by atoms with Gasteiger partial charge in [-0.25, -0.2) is 4.98 Å². The molecule has 0 spiro atoms. The Balaban J connectivity index is 1.95. The molecule has 22 heavy (non-hydrogen) atoms. The predicted octanol–water partition coefficient (Wildman–Crippen LogP) is 1.03. The average molecular weight is 303 g/mol. The maximum atomic E-state index is 12.8. The van der Waals surface area contributed by atoms with Gasteiger partial charge in [-0.1, -0.05) is 6.07 Å². The molecule has 0 unspecified atom stereocenters. The summed E-state index contributed by atoms with van der Waals surface area (Å²) >= 11 is 0. The van der Waals surface area contributed by atoms with Gasteiger partial charge in [-0.05, 0) is 31.4 Å². The molecule has 118 valence electrons. The lowest BCUT2D eigenvalue weighted by molar-refractivity contribution is 0.0706. The number of amides is 1. The standard InChI is InChI=1S/C16H21N3O3/c20-10-3-7-18(9-11-21)16(22)14-13-4-1-2-8-19(13)15(17-14)12-5-6-12/h1-2,4,8,12,20-21H,3,5-7,9-11H2. The Morgan fingerprint density at radius 1 is 1.27 bits per heavy atom. The second-order valence-electron chi connectivity index (χ2n) is 5.64.